The molecule has 1 aliphatic heterocycles. The molecule has 0 aliphatic carbocycles. The van der Waals surface area contributed by atoms with Gasteiger partial charge in [-0.15, -0.1) is 11.3 Å². The van der Waals surface area contributed by atoms with E-state index in [1.54, 1.807) is 11.3 Å². The van der Waals surface area contributed by atoms with Gasteiger partial charge in [-0.1, -0.05) is 35.3 Å². The monoisotopic (exact) mass is 284 g/mol. The maximum atomic E-state index is 5.99. The van der Waals surface area contributed by atoms with Crippen molar-refractivity contribution in [3.8, 4) is 5.75 Å². The number of aryl methyl sites for hydroxylation is 1. The van der Waals surface area contributed by atoms with Crippen molar-refractivity contribution < 1.29 is 4.74 Å². The molecule has 4 heteroatoms. The molecule has 0 radical (unpaired) electrons. The van der Waals surface area contributed by atoms with Gasteiger partial charge < -0.3 is 4.74 Å². The lowest BCUT2D eigenvalue weighted by atomic mass is 10.0. The standard InChI is InChI=1S/C13H10Cl2OS/c14-9-3-1-8(2-4-9)10-5-6-12-11(16-10)7-13(15)17-12/h1-4,7,10H,5-6H2. The van der Waals surface area contributed by atoms with Gasteiger partial charge in [0.1, 0.15) is 11.9 Å². The molecule has 0 spiro atoms. The van der Waals surface area contributed by atoms with Crippen molar-refractivity contribution in [1.82, 2.24) is 0 Å². The Labute approximate surface area is 114 Å². The number of hydrogen-bond acceptors (Lipinski definition) is 2. The molecule has 1 aromatic heterocycles. The van der Waals surface area contributed by atoms with Gasteiger partial charge in [0.2, 0.25) is 0 Å². The van der Waals surface area contributed by atoms with E-state index in [0.717, 1.165) is 28.0 Å². The van der Waals surface area contributed by atoms with Gasteiger partial charge in [0, 0.05) is 16.0 Å². The third-order valence-electron chi connectivity index (χ3n) is 2.88. The Morgan fingerprint density at radius 1 is 1.18 bits per heavy atom. The van der Waals surface area contributed by atoms with Gasteiger partial charge in [-0.2, -0.15) is 0 Å². The molecule has 3 rings (SSSR count). The van der Waals surface area contributed by atoms with Crippen LogP contribution in [0.3, 0.4) is 0 Å². The molecule has 0 fully saturated rings. The molecule has 1 unspecified atom stereocenters. The molecule has 0 saturated carbocycles. The van der Waals surface area contributed by atoms with E-state index in [9.17, 15) is 0 Å². The lowest BCUT2D eigenvalue weighted by Crippen LogP contribution is -2.13. The van der Waals surface area contributed by atoms with Crippen LogP contribution in [0.2, 0.25) is 9.36 Å². The summed E-state index contributed by atoms with van der Waals surface area (Å²) in [5.74, 6) is 0.936. The van der Waals surface area contributed by atoms with Crippen molar-refractivity contribution in [2.24, 2.45) is 0 Å². The first-order valence-electron chi connectivity index (χ1n) is 5.43. The number of thiophene rings is 1. The maximum Gasteiger partial charge on any atom is 0.135 e. The Kier molecular flexibility index (Phi) is 3.03. The molecule has 0 N–H and O–H groups in total. The van der Waals surface area contributed by atoms with E-state index in [2.05, 4.69) is 0 Å². The number of fused-ring (bicyclic) bond motifs is 1. The minimum absolute atomic E-state index is 0.116. The first-order valence-corrected chi connectivity index (χ1v) is 7.00. The van der Waals surface area contributed by atoms with Crippen molar-refractivity contribution in [2.45, 2.75) is 18.9 Å². The van der Waals surface area contributed by atoms with Crippen LogP contribution in [0.15, 0.2) is 30.3 Å². The smallest absolute Gasteiger partial charge is 0.135 e. The molecule has 17 heavy (non-hydrogen) atoms. The van der Waals surface area contributed by atoms with E-state index in [1.807, 2.05) is 30.3 Å². The molecule has 1 nitrogen and oxygen atoms in total. The number of hydrogen-bond donors (Lipinski definition) is 0. The van der Waals surface area contributed by atoms with Crippen LogP contribution in [0.5, 0.6) is 5.75 Å². The third kappa shape index (κ3) is 2.30. The second-order valence-electron chi connectivity index (χ2n) is 4.03. The van der Waals surface area contributed by atoms with Crippen LogP contribution >= 0.6 is 34.5 Å². The van der Waals surface area contributed by atoms with Gasteiger partial charge in [0.05, 0.1) is 4.34 Å². The highest BCUT2D eigenvalue weighted by Gasteiger charge is 2.23. The zero-order valence-corrected chi connectivity index (χ0v) is 11.3. The van der Waals surface area contributed by atoms with Crippen LogP contribution in [0.4, 0.5) is 0 Å². The van der Waals surface area contributed by atoms with Crippen LogP contribution < -0.4 is 4.74 Å². The molecule has 0 amide bonds. The Bertz CT molecular complexity index is 533. The first-order chi connectivity index (χ1) is 8.22. The number of ether oxygens (including phenoxy) is 1. The van der Waals surface area contributed by atoms with E-state index in [4.69, 9.17) is 27.9 Å². The number of halogens is 2. The summed E-state index contributed by atoms with van der Waals surface area (Å²) < 4.78 is 6.76. The summed E-state index contributed by atoms with van der Waals surface area (Å²) in [6.45, 7) is 0. The average Bonchev–Trinajstić information content (AvgIpc) is 2.69. The minimum atomic E-state index is 0.116. The predicted octanol–water partition coefficient (Wildman–Crippen LogP) is 5.12. The zero-order chi connectivity index (χ0) is 11.8. The van der Waals surface area contributed by atoms with Crippen molar-refractivity contribution in [3.63, 3.8) is 0 Å². The van der Waals surface area contributed by atoms with E-state index < -0.39 is 0 Å². The largest absolute Gasteiger partial charge is 0.485 e. The predicted molar refractivity (Wildman–Crippen MR) is 72.5 cm³/mol. The van der Waals surface area contributed by atoms with Crippen molar-refractivity contribution in [1.29, 1.82) is 0 Å². The van der Waals surface area contributed by atoms with Gasteiger partial charge in [-0.25, -0.2) is 0 Å². The van der Waals surface area contributed by atoms with E-state index in [-0.39, 0.29) is 6.10 Å². The van der Waals surface area contributed by atoms with E-state index >= 15 is 0 Å². The molecule has 0 saturated heterocycles. The quantitative estimate of drug-likeness (QED) is 0.706. The van der Waals surface area contributed by atoms with Gasteiger partial charge >= 0.3 is 0 Å². The van der Waals surface area contributed by atoms with Crippen molar-refractivity contribution in [2.75, 3.05) is 0 Å². The van der Waals surface area contributed by atoms with Gasteiger partial charge in [-0.05, 0) is 30.5 Å². The molecule has 1 aromatic carbocycles. The second-order valence-corrected chi connectivity index (χ2v) is 6.24. The van der Waals surface area contributed by atoms with Gasteiger partial charge in [0.25, 0.3) is 0 Å². The van der Waals surface area contributed by atoms with Crippen LogP contribution in [-0.4, -0.2) is 0 Å². The lowest BCUT2D eigenvalue weighted by molar-refractivity contribution is 0.179. The SMILES string of the molecule is Clc1ccc(C2CCc3sc(Cl)cc3O2)cc1. The van der Waals surface area contributed by atoms with Crippen LogP contribution in [0.1, 0.15) is 23.0 Å². The number of benzene rings is 1. The average molecular weight is 285 g/mol. The molecular formula is C13H10Cl2OS. The summed E-state index contributed by atoms with van der Waals surface area (Å²) in [7, 11) is 0. The number of rotatable bonds is 1. The van der Waals surface area contributed by atoms with E-state index in [0.29, 0.717) is 0 Å². The summed E-state index contributed by atoms with van der Waals surface area (Å²) in [6.07, 6.45) is 2.14. The summed E-state index contributed by atoms with van der Waals surface area (Å²) in [5.41, 5.74) is 1.17. The molecule has 2 heterocycles. The maximum absolute atomic E-state index is 5.99. The molecule has 2 aromatic rings. The molecule has 1 aliphatic rings. The first kappa shape index (κ1) is 11.4. The Balaban J connectivity index is 1.86. The second kappa shape index (κ2) is 4.52. The van der Waals surface area contributed by atoms with Crippen LogP contribution in [0.25, 0.3) is 0 Å². The topological polar surface area (TPSA) is 9.23 Å². The highest BCUT2D eigenvalue weighted by Crippen LogP contribution is 2.41. The van der Waals surface area contributed by atoms with Gasteiger partial charge in [0.15, 0.2) is 0 Å². The minimum Gasteiger partial charge on any atom is -0.485 e. The summed E-state index contributed by atoms with van der Waals surface area (Å²) >= 11 is 13.5. The Morgan fingerprint density at radius 2 is 1.94 bits per heavy atom. The molecule has 0 bridgehead atoms. The molecule has 88 valence electrons. The fraction of sp³-hybridized carbons (Fsp3) is 0.231. The highest BCUT2D eigenvalue weighted by molar-refractivity contribution is 7.16. The Morgan fingerprint density at radius 3 is 2.71 bits per heavy atom. The third-order valence-corrected chi connectivity index (χ3v) is 4.44. The zero-order valence-electron chi connectivity index (χ0n) is 8.95. The molecular weight excluding hydrogens is 275 g/mol. The van der Waals surface area contributed by atoms with Crippen molar-refractivity contribution >= 4 is 34.5 Å². The summed E-state index contributed by atoms with van der Waals surface area (Å²) in [4.78, 5) is 1.25. The summed E-state index contributed by atoms with van der Waals surface area (Å²) in [5, 5.41) is 0.754. The lowest BCUT2D eigenvalue weighted by Gasteiger charge is -2.24. The molecule has 1 atom stereocenters. The van der Waals surface area contributed by atoms with E-state index in [1.165, 1.54) is 10.4 Å². The van der Waals surface area contributed by atoms with Crippen LogP contribution in [0, 0.1) is 0 Å². The fourth-order valence-corrected chi connectivity index (χ4v) is 3.37. The normalized spacial score (nSPS) is 18.6. The van der Waals surface area contributed by atoms with Gasteiger partial charge in [-0.3, -0.25) is 0 Å². The summed E-state index contributed by atoms with van der Waals surface area (Å²) in [6, 6.07) is 9.74. The van der Waals surface area contributed by atoms with Crippen LogP contribution in [-0.2, 0) is 6.42 Å². The highest BCUT2D eigenvalue weighted by atomic mass is 35.5. The Hall–Kier alpha value is -0.700. The fourth-order valence-electron chi connectivity index (χ4n) is 2.04. The van der Waals surface area contributed by atoms with Crippen molar-refractivity contribution in [3.05, 3.63) is 50.1 Å².